The summed E-state index contributed by atoms with van der Waals surface area (Å²) in [5.74, 6) is -0.723. The number of benzene rings is 3. The molecule has 0 unspecified atom stereocenters. The van der Waals surface area contributed by atoms with Crippen molar-refractivity contribution in [2.75, 3.05) is 10.8 Å². The summed E-state index contributed by atoms with van der Waals surface area (Å²) in [5, 5.41) is 3.56. The number of carbonyl (C=O) groups is 2. The van der Waals surface area contributed by atoms with Crippen LogP contribution in [0.5, 0.6) is 0 Å². The van der Waals surface area contributed by atoms with Crippen LogP contribution >= 0.6 is 11.6 Å². The number of anilines is 1. The molecule has 3 aromatic carbocycles. The van der Waals surface area contributed by atoms with E-state index in [1.165, 1.54) is 17.0 Å². The Balaban J connectivity index is 1.66. The SMILES string of the molecule is Cc1cccc(CN(C(=O)CN(c2ccc(Cl)cc2)S(=O)(=O)c2ccccc2)[C@H](C)C(=O)NC2CCCCC2)c1. The molecule has 0 radical (unpaired) electrons. The van der Waals surface area contributed by atoms with Gasteiger partial charge in [-0.15, -0.1) is 0 Å². The predicted octanol–water partition coefficient (Wildman–Crippen LogP) is 5.71. The molecular weight excluding hydrogens is 546 g/mol. The Morgan fingerprint density at radius 1 is 0.950 bits per heavy atom. The quantitative estimate of drug-likeness (QED) is 0.332. The van der Waals surface area contributed by atoms with Crippen LogP contribution in [0, 0.1) is 6.92 Å². The van der Waals surface area contributed by atoms with Crippen LogP contribution in [-0.2, 0) is 26.2 Å². The van der Waals surface area contributed by atoms with Gasteiger partial charge in [0.15, 0.2) is 0 Å². The number of carbonyl (C=O) groups excluding carboxylic acids is 2. The summed E-state index contributed by atoms with van der Waals surface area (Å²) in [6.07, 6.45) is 5.14. The molecule has 0 bridgehead atoms. The lowest BCUT2D eigenvalue weighted by Gasteiger charge is -2.33. The molecule has 1 atom stereocenters. The molecule has 40 heavy (non-hydrogen) atoms. The second-order valence-corrected chi connectivity index (χ2v) is 12.6. The van der Waals surface area contributed by atoms with Gasteiger partial charge in [0, 0.05) is 17.6 Å². The summed E-state index contributed by atoms with van der Waals surface area (Å²) in [6.45, 7) is 3.35. The van der Waals surface area contributed by atoms with Crippen molar-refractivity contribution in [2.24, 2.45) is 0 Å². The summed E-state index contributed by atoms with van der Waals surface area (Å²) in [5.41, 5.74) is 2.18. The Morgan fingerprint density at radius 3 is 2.27 bits per heavy atom. The third-order valence-electron chi connectivity index (χ3n) is 7.28. The van der Waals surface area contributed by atoms with Crippen molar-refractivity contribution in [3.63, 3.8) is 0 Å². The van der Waals surface area contributed by atoms with Gasteiger partial charge < -0.3 is 10.2 Å². The first-order valence-corrected chi connectivity index (χ1v) is 15.5. The number of aryl methyl sites for hydroxylation is 1. The number of hydrogen-bond acceptors (Lipinski definition) is 4. The first-order chi connectivity index (χ1) is 19.1. The predicted molar refractivity (Wildman–Crippen MR) is 159 cm³/mol. The molecule has 0 aromatic heterocycles. The van der Waals surface area contributed by atoms with Gasteiger partial charge in [0.05, 0.1) is 10.6 Å². The summed E-state index contributed by atoms with van der Waals surface area (Å²) < 4.78 is 28.7. The molecule has 9 heteroatoms. The normalized spacial score (nSPS) is 14.8. The van der Waals surface area contributed by atoms with Crippen LogP contribution < -0.4 is 9.62 Å². The van der Waals surface area contributed by atoms with Crippen LogP contribution in [0.4, 0.5) is 5.69 Å². The molecule has 4 rings (SSSR count). The van der Waals surface area contributed by atoms with E-state index in [4.69, 9.17) is 11.6 Å². The Labute approximate surface area is 242 Å². The Morgan fingerprint density at radius 2 is 1.62 bits per heavy atom. The van der Waals surface area contributed by atoms with E-state index in [2.05, 4.69) is 5.32 Å². The minimum atomic E-state index is -4.10. The average molecular weight is 582 g/mol. The number of nitrogens with zero attached hydrogens (tertiary/aromatic N) is 2. The number of sulfonamides is 1. The van der Waals surface area contributed by atoms with Gasteiger partial charge in [0.1, 0.15) is 12.6 Å². The maximum absolute atomic E-state index is 14.0. The van der Waals surface area contributed by atoms with E-state index >= 15 is 0 Å². The summed E-state index contributed by atoms with van der Waals surface area (Å²) in [4.78, 5) is 28.9. The lowest BCUT2D eigenvalue weighted by Crippen LogP contribution is -2.53. The van der Waals surface area contributed by atoms with Crippen LogP contribution in [0.3, 0.4) is 0 Å². The number of amides is 2. The Kier molecular flexibility index (Phi) is 9.87. The van der Waals surface area contributed by atoms with Crippen molar-refractivity contribution >= 4 is 39.1 Å². The third-order valence-corrected chi connectivity index (χ3v) is 9.32. The number of halogens is 1. The van der Waals surface area contributed by atoms with E-state index in [1.54, 1.807) is 49.4 Å². The molecule has 1 fully saturated rings. The number of rotatable bonds is 10. The standard InChI is InChI=1S/C31H36ClN3O4S/c1-23-10-9-11-25(20-23)21-34(24(2)31(37)33-27-12-5-3-6-13-27)30(36)22-35(28-18-16-26(32)17-19-28)40(38,39)29-14-7-4-8-15-29/h4,7-11,14-20,24,27H,3,5-6,12-13,21-22H2,1-2H3,(H,33,37)/t24-/m1/s1. The van der Waals surface area contributed by atoms with Crippen molar-refractivity contribution in [3.8, 4) is 0 Å². The topological polar surface area (TPSA) is 86.8 Å². The summed E-state index contributed by atoms with van der Waals surface area (Å²) >= 11 is 6.08. The lowest BCUT2D eigenvalue weighted by molar-refractivity contribution is -0.139. The third kappa shape index (κ3) is 7.43. The molecule has 1 aliphatic rings. The largest absolute Gasteiger partial charge is 0.352 e. The molecular formula is C31H36ClN3O4S. The Bertz CT molecular complexity index is 1410. The molecule has 3 aromatic rings. The van der Waals surface area contributed by atoms with Crippen molar-refractivity contribution in [3.05, 3.63) is 95.0 Å². The van der Waals surface area contributed by atoms with Gasteiger partial charge >= 0.3 is 0 Å². The zero-order valence-corrected chi connectivity index (χ0v) is 24.5. The molecule has 1 saturated carbocycles. The highest BCUT2D eigenvalue weighted by molar-refractivity contribution is 7.92. The second-order valence-electron chi connectivity index (χ2n) is 10.3. The van der Waals surface area contributed by atoms with Gasteiger partial charge in [0.25, 0.3) is 10.0 Å². The van der Waals surface area contributed by atoms with Crippen molar-refractivity contribution in [1.29, 1.82) is 0 Å². The molecule has 1 N–H and O–H groups in total. The zero-order chi connectivity index (χ0) is 28.7. The highest BCUT2D eigenvalue weighted by Crippen LogP contribution is 2.26. The van der Waals surface area contributed by atoms with Gasteiger partial charge in [-0.3, -0.25) is 13.9 Å². The van der Waals surface area contributed by atoms with E-state index in [9.17, 15) is 18.0 Å². The lowest BCUT2D eigenvalue weighted by atomic mass is 9.95. The van der Waals surface area contributed by atoms with Gasteiger partial charge in [-0.25, -0.2) is 8.42 Å². The fourth-order valence-electron chi connectivity index (χ4n) is 5.01. The molecule has 7 nitrogen and oxygen atoms in total. The highest BCUT2D eigenvalue weighted by atomic mass is 35.5. The molecule has 1 aliphatic carbocycles. The highest BCUT2D eigenvalue weighted by Gasteiger charge is 2.33. The average Bonchev–Trinajstić information content (AvgIpc) is 2.95. The molecule has 0 aliphatic heterocycles. The molecule has 0 saturated heterocycles. The van der Waals surface area contributed by atoms with Crippen molar-refractivity contribution in [1.82, 2.24) is 10.2 Å². The first kappa shape index (κ1) is 29.6. The van der Waals surface area contributed by atoms with E-state index in [0.29, 0.717) is 10.7 Å². The number of hydrogen-bond donors (Lipinski definition) is 1. The van der Waals surface area contributed by atoms with E-state index < -0.39 is 28.5 Å². The van der Waals surface area contributed by atoms with E-state index in [0.717, 1.165) is 47.5 Å². The van der Waals surface area contributed by atoms with Crippen LogP contribution in [0.15, 0.2) is 83.8 Å². The monoisotopic (exact) mass is 581 g/mol. The summed E-state index contributed by atoms with van der Waals surface area (Å²) in [6, 6.07) is 21.3. The minimum absolute atomic E-state index is 0.0612. The molecule has 2 amide bonds. The first-order valence-electron chi connectivity index (χ1n) is 13.6. The van der Waals surface area contributed by atoms with Gasteiger partial charge in [0.2, 0.25) is 11.8 Å². The number of nitrogens with one attached hydrogen (secondary N) is 1. The fraction of sp³-hybridized carbons (Fsp3) is 0.355. The second kappa shape index (κ2) is 13.3. The smallest absolute Gasteiger partial charge is 0.264 e. The maximum Gasteiger partial charge on any atom is 0.264 e. The molecule has 0 heterocycles. The maximum atomic E-state index is 14.0. The van der Waals surface area contributed by atoms with E-state index in [-0.39, 0.29) is 23.4 Å². The van der Waals surface area contributed by atoms with Crippen LogP contribution in [0.25, 0.3) is 0 Å². The molecule has 212 valence electrons. The van der Waals surface area contributed by atoms with Gasteiger partial charge in [-0.05, 0) is 68.7 Å². The van der Waals surface area contributed by atoms with Gasteiger partial charge in [-0.2, -0.15) is 0 Å². The van der Waals surface area contributed by atoms with Crippen molar-refractivity contribution in [2.45, 2.75) is 69.5 Å². The van der Waals surface area contributed by atoms with E-state index in [1.807, 2.05) is 31.2 Å². The van der Waals surface area contributed by atoms with Gasteiger partial charge in [-0.1, -0.05) is 78.9 Å². The molecule has 0 spiro atoms. The van der Waals surface area contributed by atoms with Crippen LogP contribution in [-0.4, -0.2) is 43.8 Å². The van der Waals surface area contributed by atoms with Crippen molar-refractivity contribution < 1.29 is 18.0 Å². The fourth-order valence-corrected chi connectivity index (χ4v) is 6.58. The zero-order valence-electron chi connectivity index (χ0n) is 22.9. The minimum Gasteiger partial charge on any atom is -0.352 e. The summed E-state index contributed by atoms with van der Waals surface area (Å²) in [7, 11) is -4.10. The van der Waals surface area contributed by atoms with Crippen LogP contribution in [0.1, 0.15) is 50.2 Å². The Hall–Kier alpha value is -3.36. The van der Waals surface area contributed by atoms with Crippen LogP contribution in [0.2, 0.25) is 5.02 Å².